The molecule has 0 heterocycles. The summed E-state index contributed by atoms with van der Waals surface area (Å²) < 4.78 is 5.65. The van der Waals surface area contributed by atoms with E-state index in [1.54, 1.807) is 18.2 Å². The summed E-state index contributed by atoms with van der Waals surface area (Å²) in [6.07, 6.45) is 18.9. The molecule has 0 aromatic heterocycles. The van der Waals surface area contributed by atoms with Gasteiger partial charge in [-0.2, -0.15) is 0 Å². The molecule has 0 saturated heterocycles. The van der Waals surface area contributed by atoms with Gasteiger partial charge >= 0.3 is 5.97 Å². The third-order valence-electron chi connectivity index (χ3n) is 5.28. The molecule has 0 bridgehead atoms. The summed E-state index contributed by atoms with van der Waals surface area (Å²) in [4.78, 5) is 10.9. The molecule has 0 aliphatic heterocycles. The molecule has 0 saturated carbocycles. The number of hydrogen-bond acceptors (Lipinski definition) is 2. The summed E-state index contributed by atoms with van der Waals surface area (Å²) in [7, 11) is 0. The lowest BCUT2D eigenvalue weighted by atomic mass is 10.0. The lowest BCUT2D eigenvalue weighted by Crippen LogP contribution is -2.00. The maximum atomic E-state index is 10.9. The van der Waals surface area contributed by atoms with Gasteiger partial charge in [-0.15, -0.1) is 0 Å². The van der Waals surface area contributed by atoms with E-state index in [1.807, 2.05) is 6.07 Å². The summed E-state index contributed by atoms with van der Waals surface area (Å²) in [5.74, 6) is 0.607. The van der Waals surface area contributed by atoms with Gasteiger partial charge in [-0.25, -0.2) is 4.79 Å². The molecular weight excluding hydrogens is 348 g/mol. The van der Waals surface area contributed by atoms with E-state index in [4.69, 9.17) is 9.84 Å². The summed E-state index contributed by atoms with van der Waals surface area (Å²) >= 11 is 0. The van der Waals surface area contributed by atoms with Crippen LogP contribution in [0.3, 0.4) is 0 Å². The fourth-order valence-electron chi connectivity index (χ4n) is 3.51. The number of rotatable bonds is 18. The number of carboxylic acids is 1. The van der Waals surface area contributed by atoms with Crippen LogP contribution in [0.5, 0.6) is 5.75 Å². The molecule has 1 rings (SSSR count). The number of unbranched alkanes of at least 4 members (excludes halogenated alkanes) is 12. The normalized spacial score (nSPS) is 11.1. The van der Waals surface area contributed by atoms with Crippen LogP contribution in [0.4, 0.5) is 0 Å². The average Bonchev–Trinajstić information content (AvgIpc) is 2.67. The van der Waals surface area contributed by atoms with Crippen molar-refractivity contribution in [2.24, 2.45) is 5.92 Å². The number of carbonyl (C=O) groups is 1. The number of ether oxygens (including phenoxy) is 1. The predicted molar refractivity (Wildman–Crippen MR) is 118 cm³/mol. The van der Waals surface area contributed by atoms with Crippen molar-refractivity contribution in [1.29, 1.82) is 0 Å². The van der Waals surface area contributed by atoms with Crippen molar-refractivity contribution in [2.45, 2.75) is 104 Å². The smallest absolute Gasteiger partial charge is 0.335 e. The number of aromatic carboxylic acids is 1. The van der Waals surface area contributed by atoms with Crippen LogP contribution in [0.15, 0.2) is 24.3 Å². The first-order valence-electron chi connectivity index (χ1n) is 11.6. The molecule has 1 aromatic rings. The molecule has 0 fully saturated rings. The molecule has 0 atom stereocenters. The summed E-state index contributed by atoms with van der Waals surface area (Å²) in [6.45, 7) is 5.30. The molecule has 160 valence electrons. The Morgan fingerprint density at radius 1 is 0.821 bits per heavy atom. The lowest BCUT2D eigenvalue weighted by molar-refractivity contribution is 0.0696. The van der Waals surface area contributed by atoms with Crippen LogP contribution >= 0.6 is 0 Å². The van der Waals surface area contributed by atoms with Crippen LogP contribution < -0.4 is 4.74 Å². The van der Waals surface area contributed by atoms with Gasteiger partial charge in [-0.1, -0.05) is 103 Å². The molecule has 3 nitrogen and oxygen atoms in total. The maximum absolute atomic E-state index is 10.9. The summed E-state index contributed by atoms with van der Waals surface area (Å²) in [5.41, 5.74) is 0.281. The van der Waals surface area contributed by atoms with E-state index in [-0.39, 0.29) is 5.56 Å². The Morgan fingerprint density at radius 2 is 1.32 bits per heavy atom. The minimum Gasteiger partial charge on any atom is -0.494 e. The molecule has 0 aliphatic carbocycles. The monoisotopic (exact) mass is 390 g/mol. The first-order chi connectivity index (χ1) is 13.6. The molecule has 1 aromatic carbocycles. The van der Waals surface area contributed by atoms with E-state index in [0.29, 0.717) is 12.4 Å². The quantitative estimate of drug-likeness (QED) is 0.259. The van der Waals surface area contributed by atoms with Gasteiger partial charge in [0.2, 0.25) is 0 Å². The van der Waals surface area contributed by atoms with Crippen LogP contribution in [-0.2, 0) is 0 Å². The number of hydrogen-bond donors (Lipinski definition) is 1. The molecule has 0 spiro atoms. The molecule has 0 amide bonds. The average molecular weight is 391 g/mol. The SMILES string of the molecule is CC(C)CCCCCCCCCCCCCCCOc1cccc(C(=O)O)c1. The Kier molecular flexibility index (Phi) is 14.4. The first kappa shape index (κ1) is 24.5. The van der Waals surface area contributed by atoms with Crippen LogP contribution in [0, 0.1) is 5.92 Å². The minimum atomic E-state index is -0.910. The second-order valence-electron chi connectivity index (χ2n) is 8.46. The topological polar surface area (TPSA) is 46.5 Å². The van der Waals surface area contributed by atoms with Crippen molar-refractivity contribution in [1.82, 2.24) is 0 Å². The van der Waals surface area contributed by atoms with Gasteiger partial charge in [0.25, 0.3) is 0 Å². The van der Waals surface area contributed by atoms with Crippen molar-refractivity contribution in [2.75, 3.05) is 6.61 Å². The Hall–Kier alpha value is -1.51. The van der Waals surface area contributed by atoms with Gasteiger partial charge in [-0.05, 0) is 30.5 Å². The van der Waals surface area contributed by atoms with Gasteiger partial charge < -0.3 is 9.84 Å². The fourth-order valence-corrected chi connectivity index (χ4v) is 3.51. The second kappa shape index (κ2) is 16.4. The zero-order chi connectivity index (χ0) is 20.5. The highest BCUT2D eigenvalue weighted by atomic mass is 16.5. The van der Waals surface area contributed by atoms with E-state index < -0.39 is 5.97 Å². The standard InChI is InChI=1S/C25H42O3/c1-22(2)17-14-12-10-8-6-4-3-5-7-9-11-13-15-20-28-24-19-16-18-23(21-24)25(26)27/h16,18-19,21-22H,3-15,17,20H2,1-2H3,(H,26,27). The molecule has 0 unspecified atom stereocenters. The van der Waals surface area contributed by atoms with Crippen molar-refractivity contribution < 1.29 is 14.6 Å². The second-order valence-corrected chi connectivity index (χ2v) is 8.46. The van der Waals surface area contributed by atoms with Crippen LogP contribution in [-0.4, -0.2) is 17.7 Å². The zero-order valence-corrected chi connectivity index (χ0v) is 18.3. The molecule has 0 radical (unpaired) electrons. The van der Waals surface area contributed by atoms with Crippen molar-refractivity contribution >= 4 is 5.97 Å². The van der Waals surface area contributed by atoms with Crippen LogP contribution in [0.25, 0.3) is 0 Å². The predicted octanol–water partition coefficient (Wildman–Crippen LogP) is 7.88. The minimum absolute atomic E-state index is 0.281. The Balaban J connectivity index is 1.82. The highest BCUT2D eigenvalue weighted by Crippen LogP contribution is 2.16. The fraction of sp³-hybridized carbons (Fsp3) is 0.720. The largest absolute Gasteiger partial charge is 0.494 e. The highest BCUT2D eigenvalue weighted by molar-refractivity contribution is 5.87. The van der Waals surface area contributed by atoms with Gasteiger partial charge in [0.1, 0.15) is 5.75 Å². The van der Waals surface area contributed by atoms with Gasteiger partial charge in [0.05, 0.1) is 12.2 Å². The lowest BCUT2D eigenvalue weighted by Gasteiger charge is -2.07. The number of carboxylic acid groups (broad SMARTS) is 1. The Labute approximate surface area is 172 Å². The van der Waals surface area contributed by atoms with E-state index in [1.165, 1.54) is 83.5 Å². The third kappa shape index (κ3) is 13.6. The van der Waals surface area contributed by atoms with Crippen molar-refractivity contribution in [3.8, 4) is 5.75 Å². The van der Waals surface area contributed by atoms with E-state index in [9.17, 15) is 4.79 Å². The molecule has 28 heavy (non-hydrogen) atoms. The number of benzene rings is 1. The van der Waals surface area contributed by atoms with E-state index >= 15 is 0 Å². The highest BCUT2D eigenvalue weighted by Gasteiger charge is 2.03. The Bertz CT molecular complexity index is 510. The van der Waals surface area contributed by atoms with Gasteiger partial charge in [0.15, 0.2) is 0 Å². The molecular formula is C25H42O3. The summed E-state index contributed by atoms with van der Waals surface area (Å²) in [6, 6.07) is 6.72. The molecule has 3 heteroatoms. The zero-order valence-electron chi connectivity index (χ0n) is 18.3. The maximum Gasteiger partial charge on any atom is 0.335 e. The van der Waals surface area contributed by atoms with Gasteiger partial charge in [0, 0.05) is 0 Å². The Morgan fingerprint density at radius 3 is 1.82 bits per heavy atom. The van der Waals surface area contributed by atoms with Crippen LogP contribution in [0.1, 0.15) is 114 Å². The first-order valence-corrected chi connectivity index (χ1v) is 11.6. The van der Waals surface area contributed by atoms with E-state index in [2.05, 4.69) is 13.8 Å². The molecule has 1 N–H and O–H groups in total. The van der Waals surface area contributed by atoms with Gasteiger partial charge in [-0.3, -0.25) is 0 Å². The van der Waals surface area contributed by atoms with Crippen LogP contribution in [0.2, 0.25) is 0 Å². The summed E-state index contributed by atoms with van der Waals surface area (Å²) in [5, 5.41) is 8.97. The van der Waals surface area contributed by atoms with Crippen molar-refractivity contribution in [3.05, 3.63) is 29.8 Å². The third-order valence-corrected chi connectivity index (χ3v) is 5.28. The van der Waals surface area contributed by atoms with E-state index in [0.717, 1.165) is 12.3 Å². The van der Waals surface area contributed by atoms with Crippen molar-refractivity contribution in [3.63, 3.8) is 0 Å². The molecule has 0 aliphatic rings.